The van der Waals surface area contributed by atoms with Gasteiger partial charge in [-0.1, -0.05) is 0 Å². The second kappa shape index (κ2) is 6.99. The molecule has 0 N–H and O–H groups in total. The zero-order valence-corrected chi connectivity index (χ0v) is 14.8. The molecule has 162 valence electrons. The zero-order valence-electron chi connectivity index (χ0n) is 17.8. The van der Waals surface area contributed by atoms with Gasteiger partial charge in [-0.25, -0.2) is 13.8 Å². The lowest BCUT2D eigenvalue weighted by Crippen LogP contribution is -2.41. The van der Waals surface area contributed by atoms with Crippen molar-refractivity contribution in [2.75, 3.05) is 7.04 Å². The molecule has 13 heteroatoms. The Bertz CT molecular complexity index is 1250. The smallest absolute Gasteiger partial charge is 0.434 e. The molecule has 6 nitrogen and oxygen atoms in total. The fourth-order valence-electron chi connectivity index (χ4n) is 2.57. The first-order chi connectivity index (χ1) is 14.9. The molecule has 0 aliphatic carbocycles. The molecule has 0 fully saturated rings. The van der Waals surface area contributed by atoms with Gasteiger partial charge in [-0.05, 0) is 6.07 Å². The van der Waals surface area contributed by atoms with Crippen molar-refractivity contribution >= 4 is 5.65 Å². The van der Waals surface area contributed by atoms with Crippen molar-refractivity contribution < 1.29 is 39.6 Å². The van der Waals surface area contributed by atoms with E-state index in [9.17, 15) is 35.5 Å². The molecule has 0 bridgehead atoms. The number of alkyl halides is 7. The summed E-state index contributed by atoms with van der Waals surface area (Å²) >= 11 is 0. The number of hydrogen-bond donors (Lipinski definition) is 0. The van der Waals surface area contributed by atoms with Gasteiger partial charge in [0.1, 0.15) is 17.9 Å². The minimum Gasteiger partial charge on any atom is -0.497 e. The van der Waals surface area contributed by atoms with E-state index in [4.69, 9.17) is 4.11 Å². The molecule has 0 radical (unpaired) electrons. The van der Waals surface area contributed by atoms with Gasteiger partial charge in [0.05, 0.1) is 22.9 Å². The molecule has 0 aromatic carbocycles. The molecule has 0 spiro atoms. The van der Waals surface area contributed by atoms with Crippen molar-refractivity contribution in [1.29, 1.82) is 0 Å². The highest BCUT2D eigenvalue weighted by atomic mass is 19.4. The van der Waals surface area contributed by atoms with Gasteiger partial charge >= 0.3 is 18.0 Å². The summed E-state index contributed by atoms with van der Waals surface area (Å²) in [6, 6.07) is 1.78. The fourth-order valence-corrected chi connectivity index (χ4v) is 2.57. The quantitative estimate of drug-likeness (QED) is 0.564. The standard InChI is InChI=1S/C17H13F7N4O2/c1-15(18,19)16(20,21)8-27-7-9(6-25-27)12-13(17(22,23)24)26-11-5-10(30-2)3-4-28(11)14(12)29/h3-7H,8H2,1-2H3/i2D3. The maximum absolute atomic E-state index is 13.7. The summed E-state index contributed by atoms with van der Waals surface area (Å²) in [6.07, 6.45) is -3.07. The lowest BCUT2D eigenvalue weighted by Gasteiger charge is -2.22. The summed E-state index contributed by atoms with van der Waals surface area (Å²) in [6.45, 7) is -1.68. The SMILES string of the molecule is [2H]C([2H])([2H])Oc1ccn2c(=O)c(-c3cnn(CC(F)(F)C(C)(F)F)c3)c(C(F)(F)F)nc2c1. The molecule has 30 heavy (non-hydrogen) atoms. The number of fused-ring (bicyclic) bond motifs is 1. The van der Waals surface area contributed by atoms with E-state index in [-0.39, 0.29) is 11.6 Å². The lowest BCUT2D eigenvalue weighted by molar-refractivity contribution is -0.205. The third-order valence-corrected chi connectivity index (χ3v) is 4.11. The van der Waals surface area contributed by atoms with Crippen LogP contribution in [0, 0.1) is 0 Å². The Labute approximate surface area is 167 Å². The Morgan fingerprint density at radius 1 is 1.20 bits per heavy atom. The van der Waals surface area contributed by atoms with E-state index < -0.39 is 65.4 Å². The van der Waals surface area contributed by atoms with Crippen LogP contribution in [0.25, 0.3) is 16.8 Å². The van der Waals surface area contributed by atoms with Crippen LogP contribution in [0.4, 0.5) is 30.7 Å². The van der Waals surface area contributed by atoms with Crippen LogP contribution in [-0.2, 0) is 12.7 Å². The lowest BCUT2D eigenvalue weighted by atomic mass is 10.1. The number of ether oxygens (including phenoxy) is 1. The number of pyridine rings is 1. The van der Waals surface area contributed by atoms with Crippen molar-refractivity contribution in [3.8, 4) is 16.9 Å². The predicted molar refractivity (Wildman–Crippen MR) is 89.8 cm³/mol. The van der Waals surface area contributed by atoms with Gasteiger partial charge in [-0.15, -0.1) is 0 Å². The largest absolute Gasteiger partial charge is 0.497 e. The molecule has 0 amide bonds. The third kappa shape index (κ3) is 3.83. The van der Waals surface area contributed by atoms with Gasteiger partial charge in [0.2, 0.25) is 0 Å². The van der Waals surface area contributed by atoms with Gasteiger partial charge in [0, 0.05) is 30.9 Å². The maximum Gasteiger partial charge on any atom is 0.434 e. The fraction of sp³-hybridized carbons (Fsp3) is 0.353. The molecule has 3 heterocycles. The van der Waals surface area contributed by atoms with E-state index >= 15 is 0 Å². The van der Waals surface area contributed by atoms with E-state index in [0.29, 0.717) is 16.8 Å². The molecule has 3 aromatic heterocycles. The first-order valence-corrected chi connectivity index (χ1v) is 8.00. The molecular weight excluding hydrogens is 425 g/mol. The van der Waals surface area contributed by atoms with Gasteiger partial charge in [-0.2, -0.15) is 27.1 Å². The van der Waals surface area contributed by atoms with Crippen molar-refractivity contribution in [1.82, 2.24) is 19.2 Å². The summed E-state index contributed by atoms with van der Waals surface area (Å²) in [5, 5.41) is 3.37. The van der Waals surface area contributed by atoms with Crippen molar-refractivity contribution in [2.45, 2.75) is 31.5 Å². The highest BCUT2D eigenvalue weighted by Gasteiger charge is 2.52. The molecule has 0 aliphatic heterocycles. The summed E-state index contributed by atoms with van der Waals surface area (Å²) in [4.78, 5) is 16.2. The molecule has 3 aromatic rings. The van der Waals surface area contributed by atoms with Crippen LogP contribution < -0.4 is 10.3 Å². The number of methoxy groups -OCH3 is 1. The average molecular weight is 441 g/mol. The van der Waals surface area contributed by atoms with Crippen LogP contribution >= 0.6 is 0 Å². The number of rotatable bonds is 5. The Hall–Kier alpha value is -3.12. The summed E-state index contributed by atoms with van der Waals surface area (Å²) in [5.41, 5.74) is -5.28. The van der Waals surface area contributed by atoms with Gasteiger partial charge in [-0.3, -0.25) is 13.9 Å². The van der Waals surface area contributed by atoms with Crippen molar-refractivity contribution in [3.05, 3.63) is 46.8 Å². The zero-order chi connectivity index (χ0) is 25.0. The van der Waals surface area contributed by atoms with Crippen LogP contribution in [0.5, 0.6) is 5.75 Å². The number of aromatic nitrogens is 4. The molecule has 0 atom stereocenters. The van der Waals surface area contributed by atoms with Crippen LogP contribution in [0.2, 0.25) is 0 Å². The second-order valence-electron chi connectivity index (χ2n) is 6.35. The van der Waals surface area contributed by atoms with Gasteiger partial charge in [0.15, 0.2) is 5.69 Å². The van der Waals surface area contributed by atoms with Crippen molar-refractivity contribution in [2.24, 2.45) is 0 Å². The topological polar surface area (TPSA) is 61.4 Å². The van der Waals surface area contributed by atoms with E-state index in [2.05, 4.69) is 14.8 Å². The molecule has 0 saturated carbocycles. The first kappa shape index (κ1) is 17.7. The molecule has 3 rings (SSSR count). The minimum absolute atomic E-state index is 0.0248. The summed E-state index contributed by atoms with van der Waals surface area (Å²) < 4.78 is 121. The molecule has 0 unspecified atom stereocenters. The Morgan fingerprint density at radius 3 is 2.50 bits per heavy atom. The van der Waals surface area contributed by atoms with Crippen LogP contribution in [0.3, 0.4) is 0 Å². The monoisotopic (exact) mass is 441 g/mol. The number of halogens is 7. The maximum atomic E-state index is 13.7. The van der Waals surface area contributed by atoms with E-state index in [0.717, 1.165) is 18.3 Å². The average Bonchev–Trinajstić information content (AvgIpc) is 3.05. The summed E-state index contributed by atoms with van der Waals surface area (Å²) in [7, 11) is -2.92. The van der Waals surface area contributed by atoms with Crippen LogP contribution in [-0.4, -0.2) is 38.0 Å². The number of hydrogen-bond acceptors (Lipinski definition) is 4. The van der Waals surface area contributed by atoms with Crippen molar-refractivity contribution in [3.63, 3.8) is 0 Å². The molecular formula is C17H13F7N4O2. The van der Waals surface area contributed by atoms with E-state index in [1.54, 1.807) is 0 Å². The Morgan fingerprint density at radius 2 is 1.90 bits per heavy atom. The number of nitrogens with zero attached hydrogens (tertiary/aromatic N) is 4. The summed E-state index contributed by atoms with van der Waals surface area (Å²) in [5.74, 6) is -9.40. The first-order valence-electron chi connectivity index (χ1n) is 9.50. The Balaban J connectivity index is 2.15. The highest BCUT2D eigenvalue weighted by Crippen LogP contribution is 2.36. The van der Waals surface area contributed by atoms with Gasteiger partial charge < -0.3 is 4.74 Å². The molecule has 0 saturated heterocycles. The Kier molecular flexibility index (Phi) is 4.13. The predicted octanol–water partition coefficient (Wildman–Crippen LogP) is 3.88. The van der Waals surface area contributed by atoms with Crippen LogP contribution in [0.1, 0.15) is 16.7 Å². The van der Waals surface area contributed by atoms with Crippen LogP contribution in [0.15, 0.2) is 35.5 Å². The highest BCUT2D eigenvalue weighted by molar-refractivity contribution is 5.66. The van der Waals surface area contributed by atoms with Gasteiger partial charge in [0.25, 0.3) is 5.56 Å². The molecule has 0 aliphatic rings. The van der Waals surface area contributed by atoms with E-state index in [1.807, 2.05) is 0 Å². The third-order valence-electron chi connectivity index (χ3n) is 4.11. The normalized spacial score (nSPS) is 15.0. The minimum atomic E-state index is -5.20. The van der Waals surface area contributed by atoms with E-state index in [1.165, 1.54) is 0 Å². The second-order valence-corrected chi connectivity index (χ2v) is 6.35.